The summed E-state index contributed by atoms with van der Waals surface area (Å²) in [6.45, 7) is 4.14. The maximum atomic E-state index is 13.6. The number of fused-ring (bicyclic) bond motifs is 1. The zero-order valence-corrected chi connectivity index (χ0v) is 18.9. The van der Waals surface area contributed by atoms with Gasteiger partial charge in [-0.2, -0.15) is 4.31 Å². The second-order valence-corrected chi connectivity index (χ2v) is 9.69. The van der Waals surface area contributed by atoms with Gasteiger partial charge >= 0.3 is 4.94 Å². The number of rotatable bonds is 6. The first-order valence-electron chi connectivity index (χ1n) is 9.72. The predicted octanol–water partition coefficient (Wildman–Crippen LogP) is 4.60. The summed E-state index contributed by atoms with van der Waals surface area (Å²) < 4.78 is 38.8. The predicted molar refractivity (Wildman–Crippen MR) is 123 cm³/mol. The number of ether oxygens (including phenoxy) is 1. The molecule has 0 saturated carbocycles. The first-order valence-corrected chi connectivity index (χ1v) is 12.0. The second kappa shape index (κ2) is 8.60. The summed E-state index contributed by atoms with van der Waals surface area (Å²) in [5, 5.41) is 0. The molecule has 0 aliphatic carbocycles. The fraction of sp³-hybridized carbons (Fsp3) is 0.130. The molecule has 1 amide bonds. The van der Waals surface area contributed by atoms with Crippen LogP contribution in [0.3, 0.4) is 0 Å². The number of carbonyl (C=O) groups excluding carboxylic acids is 1. The number of nitrogens with zero attached hydrogens (tertiary/aromatic N) is 1. The number of amides is 1. The number of hydrogen-bond acceptors (Lipinski definition) is 7. The molecule has 3 aromatic carbocycles. The van der Waals surface area contributed by atoms with Gasteiger partial charge in [-0.15, -0.1) is 0 Å². The average molecular weight is 470 g/mol. The molecular formula is C23H19NO6S2. The van der Waals surface area contributed by atoms with E-state index in [1.165, 1.54) is 42.5 Å². The van der Waals surface area contributed by atoms with Crippen LogP contribution in [0.2, 0.25) is 0 Å². The van der Waals surface area contributed by atoms with Crippen molar-refractivity contribution in [3.8, 4) is 5.75 Å². The van der Waals surface area contributed by atoms with Crippen molar-refractivity contribution in [2.75, 3.05) is 10.9 Å². The van der Waals surface area contributed by atoms with E-state index in [2.05, 4.69) is 0 Å². The molecule has 4 aromatic rings. The summed E-state index contributed by atoms with van der Waals surface area (Å²) in [6.07, 6.45) is 0. The fourth-order valence-corrected chi connectivity index (χ4v) is 5.25. The van der Waals surface area contributed by atoms with Crippen LogP contribution in [-0.4, -0.2) is 20.9 Å². The zero-order chi connectivity index (χ0) is 22.9. The lowest BCUT2D eigenvalue weighted by atomic mass is 10.1. The van der Waals surface area contributed by atoms with Gasteiger partial charge in [0.1, 0.15) is 11.3 Å². The molecule has 0 radical (unpaired) electrons. The van der Waals surface area contributed by atoms with Gasteiger partial charge in [-0.05, 0) is 68.4 Å². The van der Waals surface area contributed by atoms with E-state index in [0.717, 1.165) is 21.2 Å². The molecule has 0 aliphatic rings. The topological polar surface area (TPSA) is 93.9 Å². The highest BCUT2D eigenvalue weighted by molar-refractivity contribution is 7.93. The van der Waals surface area contributed by atoms with Gasteiger partial charge in [0.25, 0.3) is 15.9 Å². The zero-order valence-electron chi connectivity index (χ0n) is 17.3. The smallest absolute Gasteiger partial charge is 0.396 e. The van der Waals surface area contributed by atoms with Gasteiger partial charge in [-0.25, -0.2) is 13.2 Å². The summed E-state index contributed by atoms with van der Waals surface area (Å²) in [6, 6.07) is 16.9. The van der Waals surface area contributed by atoms with E-state index in [9.17, 15) is 18.0 Å². The maximum Gasteiger partial charge on any atom is 0.396 e. The Labute approximate surface area is 188 Å². The molecule has 0 fully saturated rings. The van der Waals surface area contributed by atoms with E-state index in [4.69, 9.17) is 9.15 Å². The molecule has 1 aromatic heterocycles. The third kappa shape index (κ3) is 4.17. The molecule has 0 unspecified atom stereocenters. The first kappa shape index (κ1) is 21.8. The lowest BCUT2D eigenvalue weighted by Gasteiger charge is -2.23. The van der Waals surface area contributed by atoms with Gasteiger partial charge in [0.2, 0.25) is 0 Å². The Bertz CT molecular complexity index is 1430. The molecule has 9 heteroatoms. The van der Waals surface area contributed by atoms with Crippen LogP contribution in [0.5, 0.6) is 5.75 Å². The van der Waals surface area contributed by atoms with Crippen LogP contribution < -0.4 is 14.0 Å². The number of aryl methyl sites for hydroxylation is 1. The molecule has 0 saturated heterocycles. The van der Waals surface area contributed by atoms with Crippen LogP contribution >= 0.6 is 11.3 Å². The molecule has 0 aliphatic heterocycles. The largest absolute Gasteiger partial charge is 0.494 e. The SMILES string of the molecule is CCOc1ccc(S(=O)(=O)N(C(=O)c2ccc(C)cc2)c2ccc3oc(=O)sc3c2)cc1. The van der Waals surface area contributed by atoms with Crippen molar-refractivity contribution in [1.82, 2.24) is 0 Å². The van der Waals surface area contributed by atoms with Crippen molar-refractivity contribution in [2.45, 2.75) is 18.7 Å². The third-order valence-electron chi connectivity index (χ3n) is 4.70. The van der Waals surface area contributed by atoms with Crippen LogP contribution in [0.1, 0.15) is 22.8 Å². The van der Waals surface area contributed by atoms with Gasteiger partial charge in [-0.3, -0.25) is 4.79 Å². The Morgan fingerprint density at radius 2 is 1.72 bits per heavy atom. The monoisotopic (exact) mass is 469 g/mol. The summed E-state index contributed by atoms with van der Waals surface area (Å²) in [7, 11) is -4.28. The normalized spacial score (nSPS) is 11.4. The maximum absolute atomic E-state index is 13.6. The highest BCUT2D eigenvalue weighted by Crippen LogP contribution is 2.30. The van der Waals surface area contributed by atoms with Crippen molar-refractivity contribution in [1.29, 1.82) is 0 Å². The highest BCUT2D eigenvalue weighted by Gasteiger charge is 2.32. The van der Waals surface area contributed by atoms with Gasteiger partial charge < -0.3 is 9.15 Å². The minimum atomic E-state index is -4.28. The molecule has 7 nitrogen and oxygen atoms in total. The summed E-state index contributed by atoms with van der Waals surface area (Å²) >= 11 is 0.836. The second-order valence-electron chi connectivity index (χ2n) is 6.93. The quantitative estimate of drug-likeness (QED) is 0.410. The molecule has 32 heavy (non-hydrogen) atoms. The molecule has 1 heterocycles. The molecule has 0 N–H and O–H groups in total. The average Bonchev–Trinajstić information content (AvgIpc) is 3.14. The minimum absolute atomic E-state index is 0.0677. The van der Waals surface area contributed by atoms with E-state index >= 15 is 0 Å². The van der Waals surface area contributed by atoms with Crippen LogP contribution in [0.25, 0.3) is 10.3 Å². The molecule has 164 valence electrons. The molecule has 0 atom stereocenters. The lowest BCUT2D eigenvalue weighted by molar-refractivity contribution is 0.101. The van der Waals surface area contributed by atoms with Crippen LogP contribution in [-0.2, 0) is 10.0 Å². The molecule has 0 bridgehead atoms. The van der Waals surface area contributed by atoms with Gasteiger partial charge in [-0.1, -0.05) is 29.0 Å². The summed E-state index contributed by atoms with van der Waals surface area (Å²) in [4.78, 5) is 24.5. The van der Waals surface area contributed by atoms with Crippen molar-refractivity contribution < 1.29 is 22.4 Å². The Kier molecular flexibility index (Phi) is 5.86. The van der Waals surface area contributed by atoms with E-state index in [-0.39, 0.29) is 16.1 Å². The van der Waals surface area contributed by atoms with E-state index in [1.54, 1.807) is 24.3 Å². The van der Waals surface area contributed by atoms with E-state index < -0.39 is 20.9 Å². The lowest BCUT2D eigenvalue weighted by Crippen LogP contribution is -2.37. The molecule has 4 rings (SSSR count). The van der Waals surface area contributed by atoms with Gasteiger partial charge in [0.15, 0.2) is 0 Å². The van der Waals surface area contributed by atoms with Crippen molar-refractivity contribution in [3.63, 3.8) is 0 Å². The van der Waals surface area contributed by atoms with Crippen molar-refractivity contribution in [3.05, 3.63) is 87.6 Å². The summed E-state index contributed by atoms with van der Waals surface area (Å²) in [5.41, 5.74) is 1.58. The summed E-state index contributed by atoms with van der Waals surface area (Å²) in [5.74, 6) is -0.193. The molecular weight excluding hydrogens is 450 g/mol. The fourth-order valence-electron chi connectivity index (χ4n) is 3.15. The van der Waals surface area contributed by atoms with Crippen molar-refractivity contribution in [2.24, 2.45) is 0 Å². The Morgan fingerprint density at radius 3 is 2.38 bits per heavy atom. The standard InChI is InChI=1S/C23H19NO6S2/c1-3-29-18-9-11-19(12-10-18)32(27,28)24(22(25)16-6-4-15(2)5-7-16)17-8-13-20-21(14-17)31-23(26)30-20/h4-14H,3H2,1-2H3. The number of carbonyl (C=O) groups is 1. The van der Waals surface area contributed by atoms with E-state index in [1.807, 2.05) is 13.8 Å². The van der Waals surface area contributed by atoms with Crippen LogP contribution in [0.4, 0.5) is 5.69 Å². The Morgan fingerprint density at radius 1 is 1.03 bits per heavy atom. The number of hydrogen-bond donors (Lipinski definition) is 0. The Hall–Kier alpha value is -3.43. The number of benzene rings is 3. The van der Waals surface area contributed by atoms with Crippen LogP contribution in [0.15, 0.2) is 80.8 Å². The molecule has 0 spiro atoms. The number of anilines is 1. The van der Waals surface area contributed by atoms with Crippen molar-refractivity contribution >= 4 is 43.2 Å². The van der Waals surface area contributed by atoms with E-state index in [0.29, 0.717) is 22.6 Å². The van der Waals surface area contributed by atoms with Crippen LogP contribution in [0, 0.1) is 6.92 Å². The van der Waals surface area contributed by atoms with Gasteiger partial charge in [0, 0.05) is 5.56 Å². The Balaban J connectivity index is 1.86. The van der Waals surface area contributed by atoms with Gasteiger partial charge in [0.05, 0.1) is 21.9 Å². The number of sulfonamides is 1. The first-order chi connectivity index (χ1) is 15.3. The highest BCUT2D eigenvalue weighted by atomic mass is 32.2. The third-order valence-corrected chi connectivity index (χ3v) is 7.22. The minimum Gasteiger partial charge on any atom is -0.494 e.